The molecule has 2 atom stereocenters. The molecule has 0 saturated carbocycles. The van der Waals surface area contributed by atoms with Crippen LogP contribution in [0.4, 0.5) is 34.1 Å². The van der Waals surface area contributed by atoms with Gasteiger partial charge in [-0.25, -0.2) is 0 Å². The van der Waals surface area contributed by atoms with Crippen LogP contribution in [0, 0.1) is 0 Å². The summed E-state index contributed by atoms with van der Waals surface area (Å²) in [5.74, 6) is 5.82. The van der Waals surface area contributed by atoms with Crippen LogP contribution >= 0.6 is 0 Å². The quantitative estimate of drug-likeness (QED) is 0.105. The van der Waals surface area contributed by atoms with Crippen molar-refractivity contribution in [3.63, 3.8) is 0 Å². The van der Waals surface area contributed by atoms with Crippen molar-refractivity contribution in [2.75, 3.05) is 9.80 Å². The summed E-state index contributed by atoms with van der Waals surface area (Å²) in [7, 11) is 0. The Morgan fingerprint density at radius 2 is 0.612 bits per heavy atom. The Labute approximate surface area is 775 Å². The number of aromatic nitrogens is 2. The Kier molecular flexibility index (Phi) is 17.9. The molecule has 5 heterocycles. The standard InChI is InChI=1S/C64H43NO3.C61H39N3O2/c1-63(2)52-19-9-6-16-47(52)51-38-45(33-35-53(51)63)65(46-32-34-49-48-17-8-11-21-56(48)66-60(49)39-46)44-30-26-41(27-31-44)40-24-28-43(29-25-40)64(42-14-4-3-5-15-42)54-20-10-7-18-50(54)61-55(64)36-37-59-62(61)68-58-23-13-12-22-57(58)67-59;1-3-13-40(14-4-1)42-25-31-47(32-26-42)64(53-39-44-15-11-37-62-58(44)59-50(53)19-12-38-63-59)48-33-27-43(28-34-48)41-23-29-46(30-24-41)61(45-16-5-2-6-17-45)51-20-8-7-18-49(51)57-52(61)35-36-56-60(57)66-55-22-10-9-21-54(55)65-56/h3-39H,1-2H3;1-39H. The van der Waals surface area contributed by atoms with Gasteiger partial charge in [-0.1, -0.05) is 329 Å². The predicted octanol–water partition coefficient (Wildman–Crippen LogP) is 33.1. The molecule has 19 aromatic carbocycles. The molecule has 0 amide bonds. The van der Waals surface area contributed by atoms with Gasteiger partial charge < -0.3 is 33.2 Å². The lowest BCUT2D eigenvalue weighted by molar-refractivity contribution is 0.360. The molecule has 0 radical (unpaired) electrons. The first kappa shape index (κ1) is 77.7. The molecule has 3 aliphatic carbocycles. The van der Waals surface area contributed by atoms with E-state index in [0.29, 0.717) is 5.75 Å². The number of nitrogens with zero attached hydrogens (tertiary/aromatic N) is 4. The zero-order chi connectivity index (χ0) is 88.7. The molecule has 0 saturated heterocycles. The van der Waals surface area contributed by atoms with Crippen molar-refractivity contribution in [2.24, 2.45) is 0 Å². The van der Waals surface area contributed by atoms with E-state index in [0.717, 1.165) is 168 Å². The third kappa shape index (κ3) is 12.2. The molecule has 2 aliphatic heterocycles. The van der Waals surface area contributed by atoms with Crippen LogP contribution in [0.25, 0.3) is 111 Å². The number of fused-ring (bicyclic) bond motifs is 21. The minimum atomic E-state index is -0.603. The molecule has 632 valence electrons. The first-order chi connectivity index (χ1) is 66.2. The highest BCUT2D eigenvalue weighted by Gasteiger charge is 2.51. The van der Waals surface area contributed by atoms with E-state index < -0.39 is 10.8 Å². The largest absolute Gasteiger partial charge is 0.456 e. The lowest BCUT2D eigenvalue weighted by Gasteiger charge is -2.34. The van der Waals surface area contributed by atoms with E-state index in [1.54, 1.807) is 0 Å². The summed E-state index contributed by atoms with van der Waals surface area (Å²) in [6.07, 6.45) is 3.69. The average molecular weight is 1720 g/mol. The lowest BCUT2D eigenvalue weighted by atomic mass is 9.67. The van der Waals surface area contributed by atoms with Gasteiger partial charge in [0.2, 0.25) is 0 Å². The van der Waals surface area contributed by atoms with Crippen LogP contribution in [0.5, 0.6) is 46.0 Å². The van der Waals surface area contributed by atoms with Gasteiger partial charge in [-0.05, 0) is 239 Å². The van der Waals surface area contributed by atoms with Gasteiger partial charge in [0.25, 0.3) is 0 Å². The van der Waals surface area contributed by atoms with Gasteiger partial charge in [-0.3, -0.25) is 9.97 Å². The van der Waals surface area contributed by atoms with Crippen LogP contribution < -0.4 is 28.7 Å². The minimum absolute atomic E-state index is 0.0826. The minimum Gasteiger partial charge on any atom is -0.456 e. The first-order valence-corrected chi connectivity index (χ1v) is 45.7. The zero-order valence-electron chi connectivity index (χ0n) is 73.2. The Bertz CT molecular complexity index is 8450. The zero-order valence-corrected chi connectivity index (χ0v) is 73.2. The van der Waals surface area contributed by atoms with Crippen LogP contribution in [0.2, 0.25) is 0 Å². The van der Waals surface area contributed by atoms with Gasteiger partial charge in [-0.15, -0.1) is 0 Å². The third-order valence-corrected chi connectivity index (χ3v) is 28.1. The van der Waals surface area contributed by atoms with E-state index in [-0.39, 0.29) is 5.41 Å². The van der Waals surface area contributed by atoms with Gasteiger partial charge >= 0.3 is 0 Å². The normalized spacial score (nSPS) is 15.0. The molecule has 27 rings (SSSR count). The molecular formula is C125H82N4O5. The van der Waals surface area contributed by atoms with Crippen LogP contribution in [0.15, 0.2) is 466 Å². The van der Waals surface area contributed by atoms with Gasteiger partial charge in [-0.2, -0.15) is 0 Å². The molecule has 0 spiro atoms. The van der Waals surface area contributed by atoms with E-state index in [1.807, 2.05) is 85.2 Å². The Morgan fingerprint density at radius 3 is 1.16 bits per heavy atom. The number of para-hydroxylation sites is 5. The molecule has 0 fully saturated rings. The fourth-order valence-electron chi connectivity index (χ4n) is 22.0. The van der Waals surface area contributed by atoms with E-state index in [9.17, 15) is 0 Å². The summed E-state index contributed by atoms with van der Waals surface area (Å²) in [5.41, 5.74) is 34.6. The highest BCUT2D eigenvalue weighted by molar-refractivity contribution is 6.12. The summed E-state index contributed by atoms with van der Waals surface area (Å²) in [5, 5.41) is 4.30. The van der Waals surface area contributed by atoms with Gasteiger partial charge in [0.05, 0.1) is 27.6 Å². The summed E-state index contributed by atoms with van der Waals surface area (Å²) in [6.45, 7) is 4.66. The molecular weight excluding hydrogens is 1640 g/mol. The smallest absolute Gasteiger partial charge is 0.178 e. The number of hydrogen-bond donors (Lipinski definition) is 0. The first-order valence-electron chi connectivity index (χ1n) is 45.7. The van der Waals surface area contributed by atoms with Gasteiger partial charge in [0, 0.05) is 85.0 Å². The predicted molar refractivity (Wildman–Crippen MR) is 542 cm³/mol. The number of ether oxygens (including phenoxy) is 4. The van der Waals surface area contributed by atoms with Crippen molar-refractivity contribution in [1.82, 2.24) is 9.97 Å². The Hall–Kier alpha value is -17.4. The van der Waals surface area contributed by atoms with Crippen molar-refractivity contribution in [3.8, 4) is 113 Å². The van der Waals surface area contributed by atoms with Gasteiger partial charge in [0.15, 0.2) is 46.0 Å². The Morgan fingerprint density at radius 1 is 0.231 bits per heavy atom. The summed E-state index contributed by atoms with van der Waals surface area (Å²) in [6, 6.07) is 160. The second-order valence-electron chi connectivity index (χ2n) is 35.6. The van der Waals surface area contributed by atoms with E-state index in [2.05, 4.69) is 400 Å². The Balaban J connectivity index is 0.000000140. The molecule has 9 heteroatoms. The SMILES string of the molecule is CC1(C)c2ccccc2-c2cc(N(c3ccc(-c4ccc(C5(c6ccccc6)c6ccccc6-c6c5ccc5c6Oc6ccccc6O5)cc4)cc3)c3ccc4c(c3)oc3ccccc34)ccc21.c1ccc(-c2ccc(N(c3ccc(-c4ccc(C5(c6ccccc6)c6ccccc6-c6c5ccc5c6Oc6ccccc6O5)cc4)cc3)c3cc4cccnc4c4ncccc34)cc2)cc1. The van der Waals surface area contributed by atoms with E-state index >= 15 is 0 Å². The molecule has 134 heavy (non-hydrogen) atoms. The van der Waals surface area contributed by atoms with E-state index in [1.165, 1.54) is 72.3 Å². The van der Waals surface area contributed by atoms with Crippen molar-refractivity contribution in [2.45, 2.75) is 30.1 Å². The van der Waals surface area contributed by atoms with Crippen LogP contribution in [0.3, 0.4) is 0 Å². The molecule has 22 aromatic rings. The molecule has 0 N–H and O–H groups in total. The van der Waals surface area contributed by atoms with Crippen LogP contribution in [0.1, 0.15) is 69.5 Å². The lowest BCUT2D eigenvalue weighted by Crippen LogP contribution is -2.28. The van der Waals surface area contributed by atoms with Crippen molar-refractivity contribution in [3.05, 3.63) is 517 Å². The number of rotatable bonds is 13. The topological polar surface area (TPSA) is 82.3 Å². The van der Waals surface area contributed by atoms with Crippen molar-refractivity contribution in [1.29, 1.82) is 0 Å². The summed E-state index contributed by atoms with van der Waals surface area (Å²) >= 11 is 0. The fraction of sp³-hybridized carbons (Fsp3) is 0.0400. The number of benzene rings is 19. The summed E-state index contributed by atoms with van der Waals surface area (Å²) < 4.78 is 32.9. The third-order valence-electron chi connectivity index (χ3n) is 28.1. The van der Waals surface area contributed by atoms with Crippen molar-refractivity contribution < 1.29 is 23.4 Å². The number of pyridine rings is 2. The average Bonchev–Trinajstić information content (AvgIpc) is 1.53. The molecule has 9 nitrogen and oxygen atoms in total. The molecule has 5 aliphatic rings. The van der Waals surface area contributed by atoms with Gasteiger partial charge in [0.1, 0.15) is 11.2 Å². The van der Waals surface area contributed by atoms with Crippen LogP contribution in [-0.4, -0.2) is 9.97 Å². The molecule has 0 bridgehead atoms. The maximum absolute atomic E-state index is 6.74. The second-order valence-corrected chi connectivity index (χ2v) is 35.6. The highest BCUT2D eigenvalue weighted by atomic mass is 16.6. The van der Waals surface area contributed by atoms with Crippen molar-refractivity contribution >= 4 is 77.9 Å². The summed E-state index contributed by atoms with van der Waals surface area (Å²) in [4.78, 5) is 14.3. The second kappa shape index (κ2) is 30.9. The number of hydrogen-bond acceptors (Lipinski definition) is 9. The molecule has 3 aromatic heterocycles. The number of furan rings is 1. The maximum atomic E-state index is 6.74. The fourth-order valence-corrected chi connectivity index (χ4v) is 22.0. The van der Waals surface area contributed by atoms with Crippen LogP contribution in [-0.2, 0) is 16.2 Å². The highest BCUT2D eigenvalue weighted by Crippen LogP contribution is 2.65. The monoisotopic (exact) mass is 1720 g/mol. The molecule has 2 unspecified atom stereocenters. The number of anilines is 6. The maximum Gasteiger partial charge on any atom is 0.178 e. The van der Waals surface area contributed by atoms with E-state index in [4.69, 9.17) is 33.3 Å².